The Labute approximate surface area is 158 Å². The van der Waals surface area contributed by atoms with Gasteiger partial charge in [-0.25, -0.2) is 4.98 Å². The summed E-state index contributed by atoms with van der Waals surface area (Å²) in [5, 5.41) is 16.1. The van der Waals surface area contributed by atoms with Gasteiger partial charge in [0.05, 0.1) is 15.9 Å². The minimum atomic E-state index is -0.740. The van der Waals surface area contributed by atoms with Crippen LogP contribution in [0.2, 0.25) is 0 Å². The molecule has 1 aliphatic rings. The summed E-state index contributed by atoms with van der Waals surface area (Å²) in [6, 6.07) is 16.8. The van der Waals surface area contributed by atoms with E-state index in [0.717, 1.165) is 10.2 Å². The third-order valence-corrected chi connectivity index (χ3v) is 4.93. The number of benzene rings is 2. The molecule has 0 spiro atoms. The number of anilines is 1. The van der Waals surface area contributed by atoms with Crippen molar-refractivity contribution in [2.24, 2.45) is 5.16 Å². The molecule has 1 atom stereocenters. The normalized spacial score (nSPS) is 15.7. The van der Waals surface area contributed by atoms with E-state index in [0.29, 0.717) is 28.6 Å². The molecule has 0 fully saturated rings. The molecule has 3 aromatic rings. The molecule has 0 saturated heterocycles. The molecule has 8 heteroatoms. The summed E-state index contributed by atoms with van der Waals surface area (Å²) in [5.74, 6) is 0.233. The lowest BCUT2D eigenvalue weighted by atomic mass is 10.0. The van der Waals surface area contributed by atoms with E-state index in [2.05, 4.69) is 15.5 Å². The summed E-state index contributed by atoms with van der Waals surface area (Å²) in [5.41, 5.74) is 2.15. The highest BCUT2D eigenvalue weighted by molar-refractivity contribution is 7.22. The third-order valence-electron chi connectivity index (χ3n) is 3.98. The molecule has 1 N–H and O–H groups in total. The molecular weight excluding hydrogens is 364 g/mol. The van der Waals surface area contributed by atoms with Crippen molar-refractivity contribution in [1.82, 2.24) is 4.98 Å². The first-order valence-electron chi connectivity index (χ1n) is 8.23. The van der Waals surface area contributed by atoms with Crippen molar-refractivity contribution in [3.63, 3.8) is 0 Å². The molecule has 0 aliphatic carbocycles. The summed E-state index contributed by atoms with van der Waals surface area (Å²) >= 11 is 1.41. The van der Waals surface area contributed by atoms with Crippen LogP contribution in [0.4, 0.5) is 5.13 Å². The van der Waals surface area contributed by atoms with Gasteiger partial charge in [0.2, 0.25) is 6.10 Å². The number of aromatic nitrogens is 1. The molecule has 2 heterocycles. The maximum Gasteiger partial charge on any atom is 0.270 e. The van der Waals surface area contributed by atoms with Crippen LogP contribution >= 0.6 is 11.3 Å². The Bertz CT molecular complexity index is 1040. The summed E-state index contributed by atoms with van der Waals surface area (Å²) in [6.07, 6.45) is -0.431. The van der Waals surface area contributed by atoms with Gasteiger partial charge in [-0.1, -0.05) is 40.8 Å². The zero-order valence-corrected chi connectivity index (χ0v) is 14.9. The summed E-state index contributed by atoms with van der Waals surface area (Å²) in [6.45, 7) is -0.0628. The second-order valence-corrected chi connectivity index (χ2v) is 6.79. The molecule has 134 valence electrons. The number of thiazole rings is 1. The van der Waals surface area contributed by atoms with E-state index in [4.69, 9.17) is 14.8 Å². The Kier molecular flexibility index (Phi) is 4.68. The number of carbonyl (C=O) groups is 1. The molecular formula is C19H14N4O3S. The number of amides is 1. The van der Waals surface area contributed by atoms with Gasteiger partial charge in [-0.3, -0.25) is 10.1 Å². The molecule has 7 nitrogen and oxygen atoms in total. The molecule has 1 aromatic heterocycles. The predicted molar refractivity (Wildman–Crippen MR) is 102 cm³/mol. The van der Waals surface area contributed by atoms with Gasteiger partial charge in [-0.05, 0) is 24.3 Å². The molecule has 4 rings (SSSR count). The molecule has 0 bridgehead atoms. The van der Waals surface area contributed by atoms with E-state index >= 15 is 0 Å². The van der Waals surface area contributed by atoms with Gasteiger partial charge in [0.25, 0.3) is 5.91 Å². The van der Waals surface area contributed by atoms with Gasteiger partial charge in [-0.15, -0.1) is 0 Å². The van der Waals surface area contributed by atoms with Crippen molar-refractivity contribution in [1.29, 1.82) is 5.26 Å². The summed E-state index contributed by atoms with van der Waals surface area (Å²) in [4.78, 5) is 22.2. The number of nitrogens with zero attached hydrogens (tertiary/aromatic N) is 3. The Hall–Kier alpha value is -3.44. The maximum absolute atomic E-state index is 12.5. The van der Waals surface area contributed by atoms with E-state index in [-0.39, 0.29) is 12.5 Å². The van der Waals surface area contributed by atoms with Crippen LogP contribution in [0.25, 0.3) is 10.2 Å². The van der Waals surface area contributed by atoms with E-state index in [1.54, 1.807) is 6.07 Å². The second kappa shape index (κ2) is 7.43. The van der Waals surface area contributed by atoms with Crippen molar-refractivity contribution in [3.05, 3.63) is 54.1 Å². The highest BCUT2D eigenvalue weighted by Gasteiger charge is 2.30. The van der Waals surface area contributed by atoms with Crippen molar-refractivity contribution in [3.8, 4) is 11.8 Å². The molecule has 0 radical (unpaired) electrons. The number of rotatable bonds is 5. The maximum atomic E-state index is 12.5. The van der Waals surface area contributed by atoms with Crippen LogP contribution in [0.3, 0.4) is 0 Å². The fourth-order valence-corrected chi connectivity index (χ4v) is 3.60. The van der Waals surface area contributed by atoms with Gasteiger partial charge in [0.1, 0.15) is 11.8 Å². The lowest BCUT2D eigenvalue weighted by molar-refractivity contribution is -0.125. The average Bonchev–Trinajstić information content (AvgIpc) is 3.33. The predicted octanol–water partition coefficient (Wildman–Crippen LogP) is 3.33. The van der Waals surface area contributed by atoms with Crippen LogP contribution < -0.4 is 10.1 Å². The Balaban J connectivity index is 1.44. The van der Waals surface area contributed by atoms with Gasteiger partial charge in [-0.2, -0.15) is 5.26 Å². The lowest BCUT2D eigenvalue weighted by Gasteiger charge is -2.09. The summed E-state index contributed by atoms with van der Waals surface area (Å²) in [7, 11) is 0. The molecule has 2 aromatic carbocycles. The molecule has 0 saturated carbocycles. The van der Waals surface area contributed by atoms with Gasteiger partial charge >= 0.3 is 0 Å². The van der Waals surface area contributed by atoms with Crippen LogP contribution in [-0.4, -0.2) is 29.3 Å². The summed E-state index contributed by atoms with van der Waals surface area (Å²) < 4.78 is 6.42. The van der Waals surface area contributed by atoms with Gasteiger partial charge in [0.15, 0.2) is 11.7 Å². The van der Waals surface area contributed by atoms with E-state index in [1.807, 2.05) is 48.5 Å². The van der Waals surface area contributed by atoms with Crippen LogP contribution in [-0.2, 0) is 9.63 Å². The van der Waals surface area contributed by atoms with E-state index in [9.17, 15) is 4.79 Å². The van der Waals surface area contributed by atoms with Gasteiger partial charge < -0.3 is 9.57 Å². The number of fused-ring (bicyclic) bond motifs is 1. The van der Waals surface area contributed by atoms with Crippen molar-refractivity contribution >= 4 is 38.3 Å². The standard InChI is InChI=1S/C19H14N4O3S/c20-9-10-25-15-7-3-1-5-12(15)14-11-16(26-23-14)18(24)22-19-21-13-6-2-4-8-17(13)27-19/h1-8,16H,10-11H2,(H,21,22,24). The zero-order valence-electron chi connectivity index (χ0n) is 14.1. The lowest BCUT2D eigenvalue weighted by Crippen LogP contribution is -2.28. The largest absolute Gasteiger partial charge is 0.478 e. The monoisotopic (exact) mass is 378 g/mol. The van der Waals surface area contributed by atoms with Crippen LogP contribution in [0.15, 0.2) is 53.7 Å². The highest BCUT2D eigenvalue weighted by atomic mass is 32.1. The number of nitrogens with one attached hydrogen (secondary N) is 1. The van der Waals surface area contributed by atoms with Crippen molar-refractivity contribution in [2.45, 2.75) is 12.5 Å². The second-order valence-electron chi connectivity index (χ2n) is 5.76. The Morgan fingerprint density at radius 2 is 2.11 bits per heavy atom. The zero-order chi connectivity index (χ0) is 18.6. The first-order valence-corrected chi connectivity index (χ1v) is 9.04. The quantitative estimate of drug-likeness (QED) is 0.734. The average molecular weight is 378 g/mol. The topological polar surface area (TPSA) is 96.6 Å². The number of oxime groups is 1. The molecule has 27 heavy (non-hydrogen) atoms. The number of hydrogen-bond acceptors (Lipinski definition) is 7. The molecule has 1 aliphatic heterocycles. The van der Waals surface area contributed by atoms with Crippen molar-refractivity contribution in [2.75, 3.05) is 11.9 Å². The van der Waals surface area contributed by atoms with Crippen LogP contribution in [0.5, 0.6) is 5.75 Å². The number of carbonyl (C=O) groups excluding carboxylic acids is 1. The molecule has 1 amide bonds. The SMILES string of the molecule is N#CCOc1ccccc1C1=NOC(C(=O)Nc2nc3ccccc3s2)C1. The minimum Gasteiger partial charge on any atom is -0.478 e. The Morgan fingerprint density at radius 1 is 1.30 bits per heavy atom. The number of ether oxygens (including phenoxy) is 1. The number of para-hydroxylation sites is 2. The molecule has 1 unspecified atom stereocenters. The fraction of sp³-hybridized carbons (Fsp3) is 0.158. The number of hydrogen-bond donors (Lipinski definition) is 1. The minimum absolute atomic E-state index is 0.0628. The van der Waals surface area contributed by atoms with Crippen LogP contribution in [0.1, 0.15) is 12.0 Å². The fourth-order valence-electron chi connectivity index (χ4n) is 2.73. The van der Waals surface area contributed by atoms with Gasteiger partial charge in [0, 0.05) is 12.0 Å². The highest BCUT2D eigenvalue weighted by Crippen LogP contribution is 2.28. The Morgan fingerprint density at radius 3 is 2.96 bits per heavy atom. The number of nitriles is 1. The van der Waals surface area contributed by atoms with E-state index < -0.39 is 6.10 Å². The smallest absolute Gasteiger partial charge is 0.270 e. The van der Waals surface area contributed by atoms with Crippen LogP contribution in [0, 0.1) is 11.3 Å². The van der Waals surface area contributed by atoms with Crippen molar-refractivity contribution < 1.29 is 14.4 Å². The first kappa shape index (κ1) is 17.0. The third kappa shape index (κ3) is 3.59. The first-order chi connectivity index (χ1) is 13.2. The van der Waals surface area contributed by atoms with E-state index in [1.165, 1.54) is 11.3 Å².